The van der Waals surface area contributed by atoms with E-state index in [1.807, 2.05) is 24.3 Å². The number of halogens is 1. The molecule has 6 heteroatoms. The maximum absolute atomic E-state index is 13.2. The number of methoxy groups -OCH3 is 1. The molecule has 1 fully saturated rings. The van der Waals surface area contributed by atoms with Gasteiger partial charge >= 0.3 is 6.09 Å². The maximum Gasteiger partial charge on any atom is 0.407 e. The molecule has 0 bridgehead atoms. The van der Waals surface area contributed by atoms with Crippen LogP contribution in [0.15, 0.2) is 48.5 Å². The smallest absolute Gasteiger partial charge is 0.407 e. The van der Waals surface area contributed by atoms with Gasteiger partial charge in [-0.2, -0.15) is 0 Å². The van der Waals surface area contributed by atoms with Gasteiger partial charge < -0.3 is 19.5 Å². The minimum Gasteiger partial charge on any atom is -0.497 e. The molecule has 1 N–H and O–H groups in total. The molecule has 0 aromatic heterocycles. The first-order valence-corrected chi connectivity index (χ1v) is 8.54. The van der Waals surface area contributed by atoms with Gasteiger partial charge in [0, 0.05) is 12.5 Å². The highest BCUT2D eigenvalue weighted by atomic mass is 19.1. The molecule has 0 radical (unpaired) electrons. The number of hydrogen-bond donors (Lipinski definition) is 1. The lowest BCUT2D eigenvalue weighted by Crippen LogP contribution is -2.46. The summed E-state index contributed by atoms with van der Waals surface area (Å²) in [6, 6.07) is 13.9. The zero-order chi connectivity index (χ0) is 18.5. The molecule has 3 rings (SSSR count). The molecule has 5 nitrogen and oxygen atoms in total. The number of amides is 1. The first-order chi connectivity index (χ1) is 12.6. The van der Waals surface area contributed by atoms with E-state index in [0.29, 0.717) is 26.1 Å². The van der Waals surface area contributed by atoms with Gasteiger partial charge in [-0.3, -0.25) is 0 Å². The van der Waals surface area contributed by atoms with Gasteiger partial charge in [0.2, 0.25) is 0 Å². The van der Waals surface area contributed by atoms with Crippen molar-refractivity contribution in [2.24, 2.45) is 0 Å². The van der Waals surface area contributed by atoms with Crippen molar-refractivity contribution in [3.8, 4) is 5.75 Å². The number of piperidine rings is 1. The van der Waals surface area contributed by atoms with Crippen molar-refractivity contribution in [1.29, 1.82) is 0 Å². The third kappa shape index (κ3) is 4.32. The Morgan fingerprint density at radius 2 is 1.88 bits per heavy atom. The first-order valence-electron chi connectivity index (χ1n) is 8.54. The highest BCUT2D eigenvalue weighted by molar-refractivity contribution is 5.65. The van der Waals surface area contributed by atoms with Crippen LogP contribution >= 0.6 is 0 Å². The average Bonchev–Trinajstić information content (AvgIpc) is 2.67. The number of benzene rings is 2. The van der Waals surface area contributed by atoms with Crippen LogP contribution < -0.4 is 4.74 Å². The minimum atomic E-state index is -0.944. The lowest BCUT2D eigenvalue weighted by atomic mass is 9.87. The molecule has 138 valence electrons. The normalized spacial score (nSPS) is 20.0. The summed E-state index contributed by atoms with van der Waals surface area (Å²) >= 11 is 0. The van der Waals surface area contributed by atoms with E-state index < -0.39 is 6.09 Å². The van der Waals surface area contributed by atoms with Crippen LogP contribution in [0, 0.1) is 5.82 Å². The van der Waals surface area contributed by atoms with Crippen molar-refractivity contribution in [1.82, 2.24) is 4.90 Å². The van der Waals surface area contributed by atoms with Crippen LogP contribution in [0.2, 0.25) is 0 Å². The van der Waals surface area contributed by atoms with Crippen LogP contribution in [0.25, 0.3) is 0 Å². The maximum atomic E-state index is 13.2. The van der Waals surface area contributed by atoms with Crippen molar-refractivity contribution in [3.63, 3.8) is 0 Å². The zero-order valence-electron chi connectivity index (χ0n) is 14.6. The zero-order valence-corrected chi connectivity index (χ0v) is 14.6. The Kier molecular flexibility index (Phi) is 5.73. The highest BCUT2D eigenvalue weighted by Crippen LogP contribution is 2.31. The largest absolute Gasteiger partial charge is 0.497 e. The molecule has 1 aliphatic rings. The number of nitrogens with zero attached hydrogens (tertiary/aromatic N) is 1. The number of hydrogen-bond acceptors (Lipinski definition) is 3. The Morgan fingerprint density at radius 3 is 2.50 bits per heavy atom. The van der Waals surface area contributed by atoms with E-state index in [-0.39, 0.29) is 17.8 Å². The Hall–Kier alpha value is -2.60. The van der Waals surface area contributed by atoms with Crippen LogP contribution in [-0.4, -0.2) is 42.4 Å². The monoisotopic (exact) mass is 359 g/mol. The molecule has 0 aliphatic carbocycles. The molecule has 0 saturated carbocycles. The molecule has 26 heavy (non-hydrogen) atoms. The second-order valence-electron chi connectivity index (χ2n) is 6.37. The fraction of sp³-hybridized carbons (Fsp3) is 0.350. The molecular formula is C20H22FNO4. The SMILES string of the molecule is COc1ccc(CO[C@H]2CN(C(=O)O)CCC2c2ccc(F)cc2)cc1. The van der Waals surface area contributed by atoms with Gasteiger partial charge in [-0.25, -0.2) is 9.18 Å². The van der Waals surface area contributed by atoms with E-state index in [9.17, 15) is 14.3 Å². The summed E-state index contributed by atoms with van der Waals surface area (Å²) in [4.78, 5) is 12.7. The summed E-state index contributed by atoms with van der Waals surface area (Å²) < 4.78 is 24.4. The molecule has 2 aromatic carbocycles. The number of likely N-dealkylation sites (tertiary alicyclic amines) is 1. The summed E-state index contributed by atoms with van der Waals surface area (Å²) in [7, 11) is 1.61. The van der Waals surface area contributed by atoms with E-state index in [0.717, 1.165) is 16.9 Å². The van der Waals surface area contributed by atoms with Gasteiger partial charge in [-0.15, -0.1) is 0 Å². The molecule has 1 amide bonds. The second kappa shape index (κ2) is 8.19. The van der Waals surface area contributed by atoms with Gasteiger partial charge in [-0.05, 0) is 41.8 Å². The Bertz CT molecular complexity index is 732. The van der Waals surface area contributed by atoms with Crippen LogP contribution in [0.4, 0.5) is 9.18 Å². The lowest BCUT2D eigenvalue weighted by molar-refractivity contribution is -0.0199. The quantitative estimate of drug-likeness (QED) is 0.880. The highest BCUT2D eigenvalue weighted by Gasteiger charge is 2.33. The van der Waals surface area contributed by atoms with E-state index in [1.54, 1.807) is 19.2 Å². The molecule has 1 heterocycles. The summed E-state index contributed by atoms with van der Waals surface area (Å²) in [6.45, 7) is 1.12. The standard InChI is InChI=1S/C20H22FNO4/c1-25-17-8-2-14(3-9-17)13-26-19-12-22(20(23)24)11-10-18(19)15-4-6-16(21)7-5-15/h2-9,18-19H,10-13H2,1H3,(H,23,24)/t18?,19-/m0/s1. The Morgan fingerprint density at radius 1 is 1.19 bits per heavy atom. The van der Waals surface area contributed by atoms with Gasteiger partial charge in [-0.1, -0.05) is 24.3 Å². The molecule has 2 atom stereocenters. The van der Waals surface area contributed by atoms with Crippen molar-refractivity contribution < 1.29 is 23.8 Å². The van der Waals surface area contributed by atoms with Gasteiger partial charge in [0.1, 0.15) is 11.6 Å². The number of carboxylic acid groups (broad SMARTS) is 1. The van der Waals surface area contributed by atoms with Gasteiger partial charge in [0.15, 0.2) is 0 Å². The number of ether oxygens (including phenoxy) is 2. The van der Waals surface area contributed by atoms with Crippen molar-refractivity contribution in [2.75, 3.05) is 20.2 Å². The average molecular weight is 359 g/mol. The summed E-state index contributed by atoms with van der Waals surface area (Å²) in [5.41, 5.74) is 1.95. The molecule has 2 aromatic rings. The van der Waals surface area contributed by atoms with E-state index >= 15 is 0 Å². The van der Waals surface area contributed by atoms with E-state index in [2.05, 4.69) is 0 Å². The predicted molar refractivity (Wildman–Crippen MR) is 94.9 cm³/mol. The van der Waals surface area contributed by atoms with Crippen molar-refractivity contribution in [2.45, 2.75) is 25.0 Å². The lowest BCUT2D eigenvalue weighted by Gasteiger charge is -2.37. The predicted octanol–water partition coefficient (Wildman–Crippen LogP) is 3.89. The second-order valence-corrected chi connectivity index (χ2v) is 6.37. The molecule has 1 unspecified atom stereocenters. The summed E-state index contributed by atoms with van der Waals surface area (Å²) in [5.74, 6) is 0.518. The molecular weight excluding hydrogens is 337 g/mol. The van der Waals surface area contributed by atoms with Crippen LogP contribution in [0.3, 0.4) is 0 Å². The number of carbonyl (C=O) groups is 1. The van der Waals surface area contributed by atoms with Crippen LogP contribution in [0.5, 0.6) is 5.75 Å². The third-order valence-electron chi connectivity index (χ3n) is 4.75. The summed E-state index contributed by atoms with van der Waals surface area (Å²) in [5, 5.41) is 9.30. The first kappa shape index (κ1) is 18.2. The Balaban J connectivity index is 1.72. The molecule has 1 saturated heterocycles. The Labute approximate surface area is 152 Å². The van der Waals surface area contributed by atoms with Gasteiger partial charge in [0.25, 0.3) is 0 Å². The van der Waals surface area contributed by atoms with Gasteiger partial charge in [0.05, 0.1) is 26.4 Å². The van der Waals surface area contributed by atoms with Crippen LogP contribution in [-0.2, 0) is 11.3 Å². The molecule has 1 aliphatic heterocycles. The third-order valence-corrected chi connectivity index (χ3v) is 4.75. The fourth-order valence-electron chi connectivity index (χ4n) is 3.28. The minimum absolute atomic E-state index is 0.0319. The number of rotatable bonds is 5. The van der Waals surface area contributed by atoms with Crippen LogP contribution in [0.1, 0.15) is 23.5 Å². The molecule has 0 spiro atoms. The fourth-order valence-corrected chi connectivity index (χ4v) is 3.28. The topological polar surface area (TPSA) is 59.0 Å². The van der Waals surface area contributed by atoms with Crippen molar-refractivity contribution in [3.05, 3.63) is 65.5 Å². The summed E-state index contributed by atoms with van der Waals surface area (Å²) in [6.07, 6.45) is -0.585. The van der Waals surface area contributed by atoms with E-state index in [4.69, 9.17) is 9.47 Å². The van der Waals surface area contributed by atoms with Crippen molar-refractivity contribution >= 4 is 6.09 Å². The van der Waals surface area contributed by atoms with E-state index in [1.165, 1.54) is 17.0 Å².